The SMILES string of the molecule is CCN(C)C=Nc1cc(C)c(Cc2cccc(C)c2)cc1C1CC1. The van der Waals surface area contributed by atoms with E-state index in [4.69, 9.17) is 4.99 Å². The normalized spacial score (nSPS) is 14.3. The molecule has 0 atom stereocenters. The van der Waals surface area contributed by atoms with Crippen LogP contribution < -0.4 is 0 Å². The molecule has 1 saturated carbocycles. The first-order chi connectivity index (χ1) is 11.6. The molecule has 0 unspecified atom stereocenters. The van der Waals surface area contributed by atoms with Gasteiger partial charge < -0.3 is 4.90 Å². The number of nitrogens with zero attached hydrogens (tertiary/aromatic N) is 2. The molecule has 0 spiro atoms. The Labute approximate surface area is 146 Å². The Morgan fingerprint density at radius 1 is 1.17 bits per heavy atom. The molecule has 1 fully saturated rings. The fraction of sp³-hybridized carbons (Fsp3) is 0.409. The standard InChI is InChI=1S/C22H28N2/c1-5-24(4)15-23-22-12-17(3)20(14-21(22)19-9-10-19)13-18-8-6-7-16(2)11-18/h6-8,11-12,14-15,19H,5,9-10,13H2,1-4H3. The summed E-state index contributed by atoms with van der Waals surface area (Å²) in [6.07, 6.45) is 5.57. The molecular weight excluding hydrogens is 292 g/mol. The van der Waals surface area contributed by atoms with Gasteiger partial charge in [-0.15, -0.1) is 0 Å². The third-order valence-corrected chi connectivity index (χ3v) is 4.87. The molecule has 0 amide bonds. The second-order valence-electron chi connectivity index (χ2n) is 7.10. The summed E-state index contributed by atoms with van der Waals surface area (Å²) < 4.78 is 0. The van der Waals surface area contributed by atoms with Gasteiger partial charge in [0.05, 0.1) is 12.0 Å². The zero-order chi connectivity index (χ0) is 17.1. The molecule has 0 aromatic heterocycles. The van der Waals surface area contributed by atoms with Gasteiger partial charge in [-0.25, -0.2) is 4.99 Å². The first-order valence-electron chi connectivity index (χ1n) is 9.00. The highest BCUT2D eigenvalue weighted by atomic mass is 15.1. The van der Waals surface area contributed by atoms with Crippen LogP contribution in [0.5, 0.6) is 0 Å². The lowest BCUT2D eigenvalue weighted by Crippen LogP contribution is -2.14. The number of aliphatic imine (C=N–C) groups is 1. The van der Waals surface area contributed by atoms with Gasteiger partial charge in [0.2, 0.25) is 0 Å². The van der Waals surface area contributed by atoms with E-state index in [1.807, 2.05) is 6.34 Å². The average molecular weight is 320 g/mol. The van der Waals surface area contributed by atoms with Gasteiger partial charge >= 0.3 is 0 Å². The van der Waals surface area contributed by atoms with Crippen LogP contribution in [0.3, 0.4) is 0 Å². The van der Waals surface area contributed by atoms with Crippen LogP contribution in [-0.4, -0.2) is 24.8 Å². The van der Waals surface area contributed by atoms with Crippen LogP contribution in [0, 0.1) is 13.8 Å². The number of hydrogen-bond donors (Lipinski definition) is 0. The molecule has 0 radical (unpaired) electrons. The Bertz CT molecular complexity index is 742. The van der Waals surface area contributed by atoms with Crippen molar-refractivity contribution in [3.8, 4) is 0 Å². The molecule has 2 heteroatoms. The summed E-state index contributed by atoms with van der Waals surface area (Å²) in [4.78, 5) is 6.88. The highest BCUT2D eigenvalue weighted by Crippen LogP contribution is 2.45. The van der Waals surface area contributed by atoms with Crippen LogP contribution in [0.25, 0.3) is 0 Å². The van der Waals surface area contributed by atoms with E-state index in [9.17, 15) is 0 Å². The van der Waals surface area contributed by atoms with Crippen LogP contribution in [0.2, 0.25) is 0 Å². The van der Waals surface area contributed by atoms with E-state index in [-0.39, 0.29) is 0 Å². The zero-order valence-corrected chi connectivity index (χ0v) is 15.3. The first kappa shape index (κ1) is 16.8. The quantitative estimate of drug-likeness (QED) is 0.515. The summed E-state index contributed by atoms with van der Waals surface area (Å²) in [5, 5.41) is 0. The second kappa shape index (κ2) is 7.21. The Morgan fingerprint density at radius 3 is 2.62 bits per heavy atom. The van der Waals surface area contributed by atoms with Crippen molar-refractivity contribution < 1.29 is 0 Å². The molecule has 1 aliphatic carbocycles. The van der Waals surface area contributed by atoms with E-state index in [0.29, 0.717) is 5.92 Å². The Hall–Kier alpha value is -2.09. The molecule has 2 nitrogen and oxygen atoms in total. The highest BCUT2D eigenvalue weighted by Gasteiger charge is 2.26. The number of benzene rings is 2. The summed E-state index contributed by atoms with van der Waals surface area (Å²) in [6.45, 7) is 7.50. The van der Waals surface area contributed by atoms with Crippen molar-refractivity contribution in [2.45, 2.75) is 46.0 Å². The maximum absolute atomic E-state index is 4.76. The molecule has 0 N–H and O–H groups in total. The molecule has 1 aliphatic rings. The van der Waals surface area contributed by atoms with Gasteiger partial charge in [-0.2, -0.15) is 0 Å². The van der Waals surface area contributed by atoms with Crippen LogP contribution in [0.4, 0.5) is 5.69 Å². The van der Waals surface area contributed by atoms with Gasteiger partial charge in [0, 0.05) is 13.6 Å². The summed E-state index contributed by atoms with van der Waals surface area (Å²) in [5.41, 5.74) is 8.09. The third-order valence-electron chi connectivity index (χ3n) is 4.87. The third kappa shape index (κ3) is 4.05. The molecule has 2 aromatic rings. The molecule has 3 rings (SSSR count). The Morgan fingerprint density at radius 2 is 1.96 bits per heavy atom. The molecule has 2 aromatic carbocycles. The van der Waals surface area contributed by atoms with E-state index < -0.39 is 0 Å². The van der Waals surface area contributed by atoms with E-state index in [2.05, 4.69) is 69.1 Å². The van der Waals surface area contributed by atoms with Crippen molar-refractivity contribution >= 4 is 12.0 Å². The lowest BCUT2D eigenvalue weighted by molar-refractivity contribution is 0.552. The maximum atomic E-state index is 4.76. The van der Waals surface area contributed by atoms with Gasteiger partial charge in [0.25, 0.3) is 0 Å². The molecule has 126 valence electrons. The summed E-state index contributed by atoms with van der Waals surface area (Å²) >= 11 is 0. The highest BCUT2D eigenvalue weighted by molar-refractivity contribution is 5.65. The second-order valence-corrected chi connectivity index (χ2v) is 7.10. The molecule has 0 heterocycles. The minimum Gasteiger partial charge on any atom is -0.366 e. The molecule has 0 saturated heterocycles. The number of rotatable bonds is 6. The van der Waals surface area contributed by atoms with Gasteiger partial charge in [0.15, 0.2) is 0 Å². The van der Waals surface area contributed by atoms with Crippen LogP contribution in [-0.2, 0) is 6.42 Å². The smallest absolute Gasteiger partial charge is 0.0909 e. The van der Waals surface area contributed by atoms with E-state index in [0.717, 1.165) is 18.7 Å². The summed E-state index contributed by atoms with van der Waals surface area (Å²) in [7, 11) is 2.07. The van der Waals surface area contributed by atoms with Crippen molar-refractivity contribution in [2.24, 2.45) is 4.99 Å². The van der Waals surface area contributed by atoms with Crippen molar-refractivity contribution in [3.05, 3.63) is 64.2 Å². The van der Waals surface area contributed by atoms with Gasteiger partial charge in [-0.3, -0.25) is 0 Å². The van der Waals surface area contributed by atoms with Crippen LogP contribution in [0.15, 0.2) is 41.4 Å². The maximum Gasteiger partial charge on any atom is 0.0909 e. The van der Waals surface area contributed by atoms with Crippen molar-refractivity contribution in [1.29, 1.82) is 0 Å². The van der Waals surface area contributed by atoms with Crippen LogP contribution >= 0.6 is 0 Å². The Balaban J connectivity index is 1.91. The molecular formula is C22H28N2. The lowest BCUT2D eigenvalue weighted by atomic mass is 9.95. The van der Waals surface area contributed by atoms with Crippen molar-refractivity contribution in [3.63, 3.8) is 0 Å². The van der Waals surface area contributed by atoms with Gasteiger partial charge in [-0.05, 0) is 74.3 Å². The fourth-order valence-corrected chi connectivity index (χ4v) is 3.06. The average Bonchev–Trinajstić information content (AvgIpc) is 3.39. The minimum atomic E-state index is 0.709. The topological polar surface area (TPSA) is 15.6 Å². The van der Waals surface area contributed by atoms with Crippen LogP contribution in [0.1, 0.15) is 53.5 Å². The van der Waals surface area contributed by atoms with E-state index >= 15 is 0 Å². The predicted octanol–water partition coefficient (Wildman–Crippen LogP) is 5.38. The number of aryl methyl sites for hydroxylation is 2. The van der Waals surface area contributed by atoms with E-state index in [1.54, 1.807) is 0 Å². The lowest BCUT2D eigenvalue weighted by Gasteiger charge is -2.14. The monoisotopic (exact) mass is 320 g/mol. The minimum absolute atomic E-state index is 0.709. The fourth-order valence-electron chi connectivity index (χ4n) is 3.06. The number of hydrogen-bond acceptors (Lipinski definition) is 1. The summed E-state index contributed by atoms with van der Waals surface area (Å²) in [6, 6.07) is 13.5. The Kier molecular flexibility index (Phi) is 5.03. The van der Waals surface area contributed by atoms with Crippen molar-refractivity contribution in [2.75, 3.05) is 13.6 Å². The molecule has 0 bridgehead atoms. The van der Waals surface area contributed by atoms with Gasteiger partial charge in [-0.1, -0.05) is 35.9 Å². The zero-order valence-electron chi connectivity index (χ0n) is 15.3. The summed E-state index contributed by atoms with van der Waals surface area (Å²) in [5.74, 6) is 0.709. The first-order valence-corrected chi connectivity index (χ1v) is 9.00. The molecule has 24 heavy (non-hydrogen) atoms. The van der Waals surface area contributed by atoms with E-state index in [1.165, 1.54) is 40.7 Å². The predicted molar refractivity (Wildman–Crippen MR) is 104 cm³/mol. The largest absolute Gasteiger partial charge is 0.366 e. The molecule has 0 aliphatic heterocycles. The van der Waals surface area contributed by atoms with Crippen molar-refractivity contribution in [1.82, 2.24) is 4.90 Å². The van der Waals surface area contributed by atoms with Gasteiger partial charge in [0.1, 0.15) is 0 Å².